The van der Waals surface area contributed by atoms with Gasteiger partial charge in [0.1, 0.15) is 11.5 Å². The number of carboxylic acids is 1. The van der Waals surface area contributed by atoms with Gasteiger partial charge in [0.15, 0.2) is 0 Å². The molecule has 1 aromatic rings. The highest BCUT2D eigenvalue weighted by atomic mass is 16.5. The summed E-state index contributed by atoms with van der Waals surface area (Å²) >= 11 is 0. The zero-order valence-electron chi connectivity index (χ0n) is 12.3. The van der Waals surface area contributed by atoms with Gasteiger partial charge in [0.05, 0.1) is 26.2 Å². The van der Waals surface area contributed by atoms with Crippen molar-refractivity contribution in [2.45, 2.75) is 19.4 Å². The number of carbonyl (C=O) groups excluding carboxylic acids is 1. The second kappa shape index (κ2) is 6.03. The summed E-state index contributed by atoms with van der Waals surface area (Å²) in [7, 11) is 3.06. The highest BCUT2D eigenvalue weighted by molar-refractivity contribution is 5.87. The number of carboxylic acid groups (broad SMARTS) is 1. The van der Waals surface area contributed by atoms with Crippen molar-refractivity contribution in [2.75, 3.05) is 20.8 Å². The summed E-state index contributed by atoms with van der Waals surface area (Å²) in [5.74, 6) is -0.733. The number of ether oxygens (including phenoxy) is 2. The van der Waals surface area contributed by atoms with E-state index in [1.807, 2.05) is 6.92 Å². The molecule has 0 bridgehead atoms. The molecule has 1 fully saturated rings. The fourth-order valence-electron chi connectivity index (χ4n) is 2.83. The van der Waals surface area contributed by atoms with Gasteiger partial charge in [-0.05, 0) is 19.1 Å². The van der Waals surface area contributed by atoms with Crippen LogP contribution in [0.5, 0.6) is 11.5 Å². The van der Waals surface area contributed by atoms with E-state index in [1.54, 1.807) is 30.2 Å². The number of nitrogens with zero attached hydrogens (tertiary/aromatic N) is 1. The number of amides is 1. The Morgan fingerprint density at radius 2 is 2.10 bits per heavy atom. The molecule has 1 amide bonds. The minimum absolute atomic E-state index is 0.0169. The molecule has 0 aromatic heterocycles. The Morgan fingerprint density at radius 1 is 1.38 bits per heavy atom. The minimum atomic E-state index is -0.970. The van der Waals surface area contributed by atoms with Gasteiger partial charge in [0, 0.05) is 24.6 Å². The first kappa shape index (κ1) is 15.2. The lowest BCUT2D eigenvalue weighted by molar-refractivity contribution is -0.142. The molecule has 2 atom stereocenters. The normalized spacial score (nSPS) is 21.5. The topological polar surface area (TPSA) is 76.1 Å². The van der Waals surface area contributed by atoms with Gasteiger partial charge in [-0.3, -0.25) is 9.59 Å². The molecule has 0 spiro atoms. The molecule has 1 aromatic carbocycles. The van der Waals surface area contributed by atoms with Crippen molar-refractivity contribution < 1.29 is 24.2 Å². The van der Waals surface area contributed by atoms with Crippen molar-refractivity contribution in [1.82, 2.24) is 4.90 Å². The van der Waals surface area contributed by atoms with Crippen LogP contribution < -0.4 is 9.47 Å². The maximum Gasteiger partial charge on any atom is 0.309 e. The van der Waals surface area contributed by atoms with E-state index in [0.717, 1.165) is 0 Å². The molecular weight excluding hydrogens is 274 g/mol. The van der Waals surface area contributed by atoms with Crippen LogP contribution in [-0.4, -0.2) is 42.6 Å². The van der Waals surface area contributed by atoms with Crippen LogP contribution in [0.1, 0.15) is 24.9 Å². The van der Waals surface area contributed by atoms with Crippen LogP contribution in [0.15, 0.2) is 18.2 Å². The molecule has 2 rings (SSSR count). The number of benzene rings is 1. The molecule has 21 heavy (non-hydrogen) atoms. The maximum atomic E-state index is 12.0. The van der Waals surface area contributed by atoms with E-state index in [0.29, 0.717) is 23.6 Å². The molecule has 0 radical (unpaired) electrons. The van der Waals surface area contributed by atoms with Crippen LogP contribution in [0.3, 0.4) is 0 Å². The molecule has 6 heteroatoms. The van der Waals surface area contributed by atoms with Crippen LogP contribution in [-0.2, 0) is 9.59 Å². The Labute approximate surface area is 123 Å². The molecular formula is C15H19NO5. The highest BCUT2D eigenvalue weighted by Gasteiger charge is 2.45. The zero-order valence-corrected chi connectivity index (χ0v) is 12.3. The van der Waals surface area contributed by atoms with Crippen LogP contribution >= 0.6 is 0 Å². The number of likely N-dealkylation sites (tertiary alicyclic amines) is 1. The zero-order chi connectivity index (χ0) is 15.6. The van der Waals surface area contributed by atoms with Gasteiger partial charge in [-0.25, -0.2) is 0 Å². The van der Waals surface area contributed by atoms with Gasteiger partial charge in [-0.15, -0.1) is 0 Å². The van der Waals surface area contributed by atoms with Gasteiger partial charge >= 0.3 is 5.97 Å². The SMILES string of the molecule is CCN1C(=O)CC(C(=O)O)C1c1ccc(OC)cc1OC. The molecule has 0 saturated carbocycles. The average molecular weight is 293 g/mol. The monoisotopic (exact) mass is 293 g/mol. The van der Waals surface area contributed by atoms with Crippen LogP contribution in [0, 0.1) is 5.92 Å². The predicted molar refractivity (Wildman–Crippen MR) is 75.4 cm³/mol. The molecule has 1 aliphatic rings. The first-order valence-corrected chi connectivity index (χ1v) is 6.77. The lowest BCUT2D eigenvalue weighted by atomic mass is 9.93. The van der Waals surface area contributed by atoms with E-state index >= 15 is 0 Å². The molecule has 6 nitrogen and oxygen atoms in total. The Morgan fingerprint density at radius 3 is 2.62 bits per heavy atom. The van der Waals surface area contributed by atoms with Crippen molar-refractivity contribution >= 4 is 11.9 Å². The first-order valence-electron chi connectivity index (χ1n) is 6.77. The van der Waals surface area contributed by atoms with Crippen molar-refractivity contribution in [3.8, 4) is 11.5 Å². The lowest BCUT2D eigenvalue weighted by Gasteiger charge is -2.27. The number of hydrogen-bond donors (Lipinski definition) is 1. The second-order valence-corrected chi connectivity index (χ2v) is 4.88. The smallest absolute Gasteiger partial charge is 0.309 e. The summed E-state index contributed by atoms with van der Waals surface area (Å²) in [4.78, 5) is 25.1. The average Bonchev–Trinajstić information content (AvgIpc) is 2.83. The van der Waals surface area contributed by atoms with Crippen molar-refractivity contribution in [1.29, 1.82) is 0 Å². The van der Waals surface area contributed by atoms with E-state index < -0.39 is 17.9 Å². The maximum absolute atomic E-state index is 12.0. The molecule has 2 unspecified atom stereocenters. The second-order valence-electron chi connectivity index (χ2n) is 4.88. The van der Waals surface area contributed by atoms with E-state index in [9.17, 15) is 14.7 Å². The standard InChI is InChI=1S/C15H19NO5/c1-4-16-13(17)8-11(15(18)19)14(16)10-6-5-9(20-2)7-12(10)21-3/h5-7,11,14H,4,8H2,1-3H3,(H,18,19). The minimum Gasteiger partial charge on any atom is -0.497 e. The number of rotatable bonds is 5. The molecule has 1 saturated heterocycles. The third-order valence-corrected chi connectivity index (χ3v) is 3.85. The molecule has 0 aliphatic carbocycles. The largest absolute Gasteiger partial charge is 0.497 e. The third-order valence-electron chi connectivity index (χ3n) is 3.85. The molecule has 1 N–H and O–H groups in total. The number of methoxy groups -OCH3 is 2. The predicted octanol–water partition coefficient (Wildman–Crippen LogP) is 1.70. The Hall–Kier alpha value is -2.24. The summed E-state index contributed by atoms with van der Waals surface area (Å²) in [6.45, 7) is 2.30. The third kappa shape index (κ3) is 2.66. The van der Waals surface area contributed by atoms with E-state index in [2.05, 4.69) is 0 Å². The Kier molecular flexibility index (Phi) is 4.35. The van der Waals surface area contributed by atoms with Crippen LogP contribution in [0.2, 0.25) is 0 Å². The highest BCUT2D eigenvalue weighted by Crippen LogP contribution is 2.42. The molecule has 1 heterocycles. The molecule has 114 valence electrons. The summed E-state index contributed by atoms with van der Waals surface area (Å²) in [5.41, 5.74) is 0.693. The van der Waals surface area contributed by atoms with Crippen molar-refractivity contribution in [3.05, 3.63) is 23.8 Å². The lowest BCUT2D eigenvalue weighted by Crippen LogP contribution is -2.30. The fourth-order valence-corrected chi connectivity index (χ4v) is 2.83. The summed E-state index contributed by atoms with van der Waals surface area (Å²) in [6.07, 6.45) is 0.0169. The van der Waals surface area contributed by atoms with Gasteiger partial charge in [0.25, 0.3) is 0 Å². The van der Waals surface area contributed by atoms with E-state index in [4.69, 9.17) is 9.47 Å². The summed E-state index contributed by atoms with van der Waals surface area (Å²) in [5, 5.41) is 9.40. The number of carbonyl (C=O) groups is 2. The molecule has 1 aliphatic heterocycles. The Bertz CT molecular complexity index is 557. The summed E-state index contributed by atoms with van der Waals surface area (Å²) in [6, 6.07) is 4.69. The van der Waals surface area contributed by atoms with Crippen molar-refractivity contribution in [2.24, 2.45) is 5.92 Å². The number of aliphatic carboxylic acids is 1. The number of hydrogen-bond acceptors (Lipinski definition) is 4. The van der Waals surface area contributed by atoms with Crippen LogP contribution in [0.4, 0.5) is 0 Å². The summed E-state index contributed by atoms with van der Waals surface area (Å²) < 4.78 is 10.5. The van der Waals surface area contributed by atoms with Gasteiger partial charge < -0.3 is 19.5 Å². The van der Waals surface area contributed by atoms with Gasteiger partial charge in [-0.1, -0.05) is 0 Å². The van der Waals surface area contributed by atoms with E-state index in [-0.39, 0.29) is 12.3 Å². The van der Waals surface area contributed by atoms with Crippen LogP contribution in [0.25, 0.3) is 0 Å². The van der Waals surface area contributed by atoms with Gasteiger partial charge in [0.2, 0.25) is 5.91 Å². The Balaban J connectivity index is 2.50. The fraction of sp³-hybridized carbons (Fsp3) is 0.467. The quantitative estimate of drug-likeness (QED) is 0.894. The first-order chi connectivity index (χ1) is 10.0. The van der Waals surface area contributed by atoms with Crippen molar-refractivity contribution in [3.63, 3.8) is 0 Å². The van der Waals surface area contributed by atoms with E-state index in [1.165, 1.54) is 7.11 Å². The van der Waals surface area contributed by atoms with Gasteiger partial charge in [-0.2, -0.15) is 0 Å².